The molecule has 154 valence electrons. The van der Waals surface area contributed by atoms with Crippen LogP contribution in [-0.4, -0.2) is 29.8 Å². The van der Waals surface area contributed by atoms with Gasteiger partial charge in [0.2, 0.25) is 5.91 Å². The summed E-state index contributed by atoms with van der Waals surface area (Å²) in [6, 6.07) is 8.44. The fourth-order valence-corrected chi connectivity index (χ4v) is 3.55. The minimum Gasteiger partial charge on any atom is -0.338 e. The van der Waals surface area contributed by atoms with Gasteiger partial charge in [0.05, 0.1) is 17.2 Å². The highest BCUT2D eigenvalue weighted by atomic mass is 79.9. The molecule has 1 atom stereocenters. The second-order valence-electron chi connectivity index (χ2n) is 6.78. The lowest BCUT2D eigenvalue weighted by atomic mass is 9.96. The van der Waals surface area contributed by atoms with E-state index in [2.05, 4.69) is 21.2 Å². The summed E-state index contributed by atoms with van der Waals surface area (Å²) >= 11 is 3.14. The first-order chi connectivity index (χ1) is 13.6. The first-order valence-electron chi connectivity index (χ1n) is 8.87. The summed E-state index contributed by atoms with van der Waals surface area (Å²) < 4.78 is 53.2. The lowest BCUT2D eigenvalue weighted by Crippen LogP contribution is -2.43. The van der Waals surface area contributed by atoms with Crippen LogP contribution in [0.1, 0.15) is 28.8 Å². The Hall–Kier alpha value is -2.42. The topological polar surface area (TPSA) is 49.4 Å². The number of hydrogen-bond donors (Lipinski definition) is 1. The zero-order valence-corrected chi connectivity index (χ0v) is 16.7. The Morgan fingerprint density at radius 1 is 1.14 bits per heavy atom. The number of rotatable bonds is 3. The van der Waals surface area contributed by atoms with Crippen molar-refractivity contribution in [3.8, 4) is 0 Å². The van der Waals surface area contributed by atoms with E-state index in [1.807, 2.05) is 0 Å². The van der Waals surface area contributed by atoms with Crippen LogP contribution >= 0.6 is 15.9 Å². The van der Waals surface area contributed by atoms with Crippen LogP contribution in [0, 0.1) is 11.7 Å². The van der Waals surface area contributed by atoms with E-state index in [1.54, 1.807) is 6.07 Å². The zero-order chi connectivity index (χ0) is 21.2. The van der Waals surface area contributed by atoms with Crippen LogP contribution in [0.3, 0.4) is 0 Å². The predicted molar refractivity (Wildman–Crippen MR) is 103 cm³/mol. The number of nitrogens with one attached hydrogen (secondary N) is 1. The van der Waals surface area contributed by atoms with Gasteiger partial charge in [-0.2, -0.15) is 13.2 Å². The smallest absolute Gasteiger partial charge is 0.338 e. The first kappa shape index (κ1) is 21.3. The maximum Gasteiger partial charge on any atom is 0.416 e. The van der Waals surface area contributed by atoms with Crippen molar-refractivity contribution in [3.05, 3.63) is 63.9 Å². The number of benzene rings is 2. The molecule has 0 saturated carbocycles. The maximum absolute atomic E-state index is 13.9. The van der Waals surface area contributed by atoms with E-state index in [-0.39, 0.29) is 17.8 Å². The second kappa shape index (κ2) is 8.52. The highest BCUT2D eigenvalue weighted by molar-refractivity contribution is 9.10. The SMILES string of the molecule is O=C(Nc1ccc(Br)cc1F)[C@H]1CCCN(C(=O)c2cccc(C(F)(F)F)c2)C1. The Labute approximate surface area is 173 Å². The minimum absolute atomic E-state index is 0.0273. The number of amides is 2. The van der Waals surface area contributed by atoms with E-state index in [0.717, 1.165) is 12.1 Å². The third-order valence-electron chi connectivity index (χ3n) is 4.71. The van der Waals surface area contributed by atoms with E-state index in [0.29, 0.717) is 23.9 Å². The molecule has 0 unspecified atom stereocenters. The Morgan fingerprint density at radius 3 is 2.59 bits per heavy atom. The van der Waals surface area contributed by atoms with Gasteiger partial charge in [-0.25, -0.2) is 4.39 Å². The predicted octanol–water partition coefficient (Wildman–Crippen LogP) is 5.10. The van der Waals surface area contributed by atoms with Crippen molar-refractivity contribution in [2.24, 2.45) is 5.92 Å². The molecular formula is C20H17BrF4N2O2. The molecule has 1 heterocycles. The van der Waals surface area contributed by atoms with E-state index >= 15 is 0 Å². The molecule has 0 radical (unpaired) electrons. The van der Waals surface area contributed by atoms with Crippen molar-refractivity contribution in [2.45, 2.75) is 19.0 Å². The fraction of sp³-hybridized carbons (Fsp3) is 0.300. The van der Waals surface area contributed by atoms with Gasteiger partial charge in [0.25, 0.3) is 5.91 Å². The lowest BCUT2D eigenvalue weighted by Gasteiger charge is -2.32. The summed E-state index contributed by atoms with van der Waals surface area (Å²) in [5.41, 5.74) is -0.959. The molecule has 1 aliphatic heterocycles. The normalized spacial score (nSPS) is 17.1. The van der Waals surface area contributed by atoms with Gasteiger partial charge in [0.15, 0.2) is 0 Å². The highest BCUT2D eigenvalue weighted by Crippen LogP contribution is 2.30. The standard InChI is InChI=1S/C20H17BrF4N2O2/c21-15-6-7-17(16(22)10-15)26-18(28)13-4-2-8-27(11-13)19(29)12-3-1-5-14(9-12)20(23,24)25/h1,3,5-7,9-10,13H,2,4,8,11H2,(H,26,28)/t13-/m0/s1. The number of carbonyl (C=O) groups excluding carboxylic acids is 2. The molecule has 3 rings (SSSR count). The van der Waals surface area contributed by atoms with Crippen LogP contribution in [0.5, 0.6) is 0 Å². The summed E-state index contributed by atoms with van der Waals surface area (Å²) in [5, 5.41) is 2.51. The molecule has 9 heteroatoms. The molecule has 1 fully saturated rings. The molecular weight excluding hydrogens is 456 g/mol. The molecule has 29 heavy (non-hydrogen) atoms. The highest BCUT2D eigenvalue weighted by Gasteiger charge is 2.33. The second-order valence-corrected chi connectivity index (χ2v) is 7.70. The molecule has 0 aromatic heterocycles. The molecule has 2 aromatic rings. The third-order valence-corrected chi connectivity index (χ3v) is 5.20. The van der Waals surface area contributed by atoms with Crippen molar-refractivity contribution < 1.29 is 27.2 Å². The number of nitrogens with zero attached hydrogens (tertiary/aromatic N) is 1. The van der Waals surface area contributed by atoms with Gasteiger partial charge < -0.3 is 10.2 Å². The Kier molecular flexibility index (Phi) is 6.26. The molecule has 4 nitrogen and oxygen atoms in total. The minimum atomic E-state index is -4.55. The van der Waals surface area contributed by atoms with Crippen LogP contribution in [0.2, 0.25) is 0 Å². The summed E-state index contributed by atoms with van der Waals surface area (Å²) in [7, 11) is 0. The van der Waals surface area contributed by atoms with Crippen molar-refractivity contribution >= 4 is 33.4 Å². The van der Waals surface area contributed by atoms with E-state index in [4.69, 9.17) is 0 Å². The van der Waals surface area contributed by atoms with Gasteiger partial charge in [-0.05, 0) is 49.2 Å². The van der Waals surface area contributed by atoms with Gasteiger partial charge in [-0.15, -0.1) is 0 Å². The summed E-state index contributed by atoms with van der Waals surface area (Å²) in [6.45, 7) is 0.393. The molecule has 2 amide bonds. The van der Waals surface area contributed by atoms with Crippen LogP contribution < -0.4 is 5.32 Å². The third kappa shape index (κ3) is 5.14. The Morgan fingerprint density at radius 2 is 1.90 bits per heavy atom. The monoisotopic (exact) mass is 472 g/mol. The summed E-state index contributed by atoms with van der Waals surface area (Å²) in [4.78, 5) is 26.5. The van der Waals surface area contributed by atoms with Crippen LogP contribution in [0.15, 0.2) is 46.9 Å². The number of alkyl halides is 3. The van der Waals surface area contributed by atoms with E-state index in [1.165, 1.54) is 29.2 Å². The number of piperidine rings is 1. The van der Waals surface area contributed by atoms with Gasteiger partial charge in [0, 0.05) is 23.1 Å². The number of likely N-dealkylation sites (tertiary alicyclic amines) is 1. The van der Waals surface area contributed by atoms with E-state index in [9.17, 15) is 27.2 Å². The lowest BCUT2D eigenvalue weighted by molar-refractivity contribution is -0.137. The summed E-state index contributed by atoms with van der Waals surface area (Å²) in [6.07, 6.45) is -3.53. The largest absolute Gasteiger partial charge is 0.416 e. The van der Waals surface area contributed by atoms with Crippen molar-refractivity contribution in [2.75, 3.05) is 18.4 Å². The fourth-order valence-electron chi connectivity index (χ4n) is 3.21. The number of carbonyl (C=O) groups is 2. The number of halogens is 5. The number of anilines is 1. The summed E-state index contributed by atoms with van der Waals surface area (Å²) in [5.74, 6) is -2.18. The van der Waals surface area contributed by atoms with Crippen LogP contribution in [-0.2, 0) is 11.0 Å². The van der Waals surface area contributed by atoms with E-state index < -0.39 is 35.3 Å². The quantitative estimate of drug-likeness (QED) is 0.631. The molecule has 1 N–H and O–H groups in total. The average Bonchev–Trinajstić information content (AvgIpc) is 2.69. The van der Waals surface area contributed by atoms with Crippen molar-refractivity contribution in [1.82, 2.24) is 4.90 Å². The average molecular weight is 473 g/mol. The molecule has 0 bridgehead atoms. The van der Waals surface area contributed by atoms with Gasteiger partial charge >= 0.3 is 6.18 Å². The number of hydrogen-bond acceptors (Lipinski definition) is 2. The molecule has 0 aliphatic carbocycles. The molecule has 2 aromatic carbocycles. The van der Waals surface area contributed by atoms with Gasteiger partial charge in [-0.3, -0.25) is 9.59 Å². The Bertz CT molecular complexity index is 933. The van der Waals surface area contributed by atoms with Crippen molar-refractivity contribution in [3.63, 3.8) is 0 Å². The maximum atomic E-state index is 13.9. The van der Waals surface area contributed by atoms with Gasteiger partial charge in [-0.1, -0.05) is 22.0 Å². The first-order valence-corrected chi connectivity index (χ1v) is 9.67. The molecule has 1 saturated heterocycles. The molecule has 0 spiro atoms. The van der Waals surface area contributed by atoms with Crippen LogP contribution in [0.4, 0.5) is 23.2 Å². The van der Waals surface area contributed by atoms with Gasteiger partial charge in [0.1, 0.15) is 5.82 Å². The van der Waals surface area contributed by atoms with Crippen molar-refractivity contribution in [1.29, 1.82) is 0 Å². The van der Waals surface area contributed by atoms with Crippen LogP contribution in [0.25, 0.3) is 0 Å². The zero-order valence-electron chi connectivity index (χ0n) is 15.1. The Balaban J connectivity index is 1.70. The molecule has 1 aliphatic rings.